The molecule has 0 amide bonds. The molecule has 0 nitrogen and oxygen atoms in total. The van der Waals surface area contributed by atoms with Crippen LogP contribution in [0.15, 0.2) is 51.8 Å². The molecule has 0 fully saturated rings. The Balaban J connectivity index is 2.05. The molecule has 0 aliphatic carbocycles. The van der Waals surface area contributed by atoms with Gasteiger partial charge in [-0.05, 0) is 35.9 Å². The van der Waals surface area contributed by atoms with Gasteiger partial charge in [0.05, 0.1) is 10.0 Å². The van der Waals surface area contributed by atoms with Gasteiger partial charge >= 0.3 is 0 Å². The van der Waals surface area contributed by atoms with E-state index in [1.165, 1.54) is 5.56 Å². The summed E-state index contributed by atoms with van der Waals surface area (Å²) in [5.74, 6) is 0.914. The fraction of sp³-hybridized carbons (Fsp3) is 0.0769. The molecule has 2 aromatic rings. The van der Waals surface area contributed by atoms with E-state index in [-0.39, 0.29) is 0 Å². The standard InChI is InChI=1S/C13H9BrCl2S/c14-10-3-1-2-9(6-10)8-17-11-4-5-12(15)13(16)7-11/h1-7H,8H2. The molecular weight excluding hydrogens is 339 g/mol. The van der Waals surface area contributed by atoms with Crippen molar-refractivity contribution in [2.45, 2.75) is 10.6 Å². The SMILES string of the molecule is Clc1ccc(SCc2cccc(Br)c2)cc1Cl. The fourth-order valence-corrected chi connectivity index (χ4v) is 3.05. The number of benzene rings is 2. The molecule has 0 atom stereocenters. The Bertz CT molecular complexity index is 529. The highest BCUT2D eigenvalue weighted by atomic mass is 79.9. The molecule has 0 aliphatic heterocycles. The van der Waals surface area contributed by atoms with Crippen LogP contribution in [0.1, 0.15) is 5.56 Å². The van der Waals surface area contributed by atoms with Crippen molar-refractivity contribution in [1.82, 2.24) is 0 Å². The summed E-state index contributed by atoms with van der Waals surface area (Å²) in [6.45, 7) is 0. The molecule has 0 heterocycles. The predicted molar refractivity (Wildman–Crippen MR) is 80.2 cm³/mol. The Morgan fingerprint density at radius 3 is 2.53 bits per heavy atom. The number of thioether (sulfide) groups is 1. The molecule has 0 aromatic heterocycles. The Labute approximate surface area is 123 Å². The van der Waals surface area contributed by atoms with Crippen LogP contribution in [-0.4, -0.2) is 0 Å². The first-order chi connectivity index (χ1) is 8.15. The lowest BCUT2D eigenvalue weighted by molar-refractivity contribution is 1.37. The summed E-state index contributed by atoms with van der Waals surface area (Å²) in [7, 11) is 0. The first-order valence-corrected chi connectivity index (χ1v) is 7.51. The molecule has 17 heavy (non-hydrogen) atoms. The van der Waals surface area contributed by atoms with E-state index in [1.54, 1.807) is 11.8 Å². The average molecular weight is 348 g/mol. The van der Waals surface area contributed by atoms with Crippen molar-refractivity contribution in [2.75, 3.05) is 0 Å². The van der Waals surface area contributed by atoms with Crippen LogP contribution in [-0.2, 0) is 5.75 Å². The van der Waals surface area contributed by atoms with Gasteiger partial charge in [-0.2, -0.15) is 0 Å². The molecule has 4 heteroatoms. The van der Waals surface area contributed by atoms with Gasteiger partial charge in [0, 0.05) is 15.1 Å². The number of hydrogen-bond acceptors (Lipinski definition) is 1. The van der Waals surface area contributed by atoms with E-state index < -0.39 is 0 Å². The van der Waals surface area contributed by atoms with Gasteiger partial charge in [0.15, 0.2) is 0 Å². The summed E-state index contributed by atoms with van der Waals surface area (Å²) in [6.07, 6.45) is 0. The maximum atomic E-state index is 5.97. The van der Waals surface area contributed by atoms with E-state index in [1.807, 2.05) is 30.3 Å². The van der Waals surface area contributed by atoms with E-state index in [0.29, 0.717) is 10.0 Å². The van der Waals surface area contributed by atoms with E-state index >= 15 is 0 Å². The van der Waals surface area contributed by atoms with Crippen molar-refractivity contribution < 1.29 is 0 Å². The van der Waals surface area contributed by atoms with Crippen molar-refractivity contribution in [2.24, 2.45) is 0 Å². The molecule has 2 aromatic carbocycles. The van der Waals surface area contributed by atoms with Crippen molar-refractivity contribution in [3.05, 3.63) is 62.5 Å². The Morgan fingerprint density at radius 2 is 1.82 bits per heavy atom. The number of halogens is 3. The zero-order chi connectivity index (χ0) is 12.3. The van der Waals surface area contributed by atoms with Crippen LogP contribution >= 0.6 is 50.9 Å². The van der Waals surface area contributed by atoms with Gasteiger partial charge in [0.2, 0.25) is 0 Å². The number of hydrogen-bond donors (Lipinski definition) is 0. The first-order valence-electron chi connectivity index (χ1n) is 4.97. The molecule has 0 bridgehead atoms. The van der Waals surface area contributed by atoms with Crippen LogP contribution in [0.25, 0.3) is 0 Å². The van der Waals surface area contributed by atoms with Gasteiger partial charge in [-0.1, -0.05) is 51.3 Å². The van der Waals surface area contributed by atoms with Crippen LogP contribution in [0.4, 0.5) is 0 Å². The lowest BCUT2D eigenvalue weighted by Crippen LogP contribution is -1.80. The second-order valence-electron chi connectivity index (χ2n) is 3.49. The Hall–Kier alpha value is -0.150. The molecule has 0 spiro atoms. The van der Waals surface area contributed by atoms with Crippen LogP contribution in [0.5, 0.6) is 0 Å². The molecule has 0 aliphatic rings. The van der Waals surface area contributed by atoms with Crippen molar-refractivity contribution in [3.63, 3.8) is 0 Å². The smallest absolute Gasteiger partial charge is 0.0603 e. The minimum atomic E-state index is 0.596. The van der Waals surface area contributed by atoms with Crippen molar-refractivity contribution in [3.8, 4) is 0 Å². The molecule has 0 unspecified atom stereocenters. The van der Waals surface area contributed by atoms with Crippen molar-refractivity contribution >= 4 is 50.9 Å². The zero-order valence-corrected chi connectivity index (χ0v) is 12.7. The van der Waals surface area contributed by atoms with E-state index in [2.05, 4.69) is 28.1 Å². The third kappa shape index (κ3) is 3.92. The van der Waals surface area contributed by atoms with Gasteiger partial charge in [-0.3, -0.25) is 0 Å². The lowest BCUT2D eigenvalue weighted by Gasteiger charge is -2.04. The number of rotatable bonds is 3. The lowest BCUT2D eigenvalue weighted by atomic mass is 10.2. The molecule has 0 saturated carbocycles. The quantitative estimate of drug-likeness (QED) is 0.609. The second-order valence-corrected chi connectivity index (χ2v) is 6.27. The molecule has 88 valence electrons. The van der Waals surface area contributed by atoms with Crippen molar-refractivity contribution in [1.29, 1.82) is 0 Å². The van der Waals surface area contributed by atoms with Crippen LogP contribution < -0.4 is 0 Å². The van der Waals surface area contributed by atoms with Gasteiger partial charge < -0.3 is 0 Å². The third-order valence-electron chi connectivity index (χ3n) is 2.19. The van der Waals surface area contributed by atoms with Crippen LogP contribution in [0.2, 0.25) is 10.0 Å². The molecule has 0 saturated heterocycles. The summed E-state index contributed by atoms with van der Waals surface area (Å²) in [5.41, 5.74) is 1.27. The molecular formula is C13H9BrCl2S. The summed E-state index contributed by atoms with van der Waals surface area (Å²) in [4.78, 5) is 1.12. The fourth-order valence-electron chi connectivity index (χ4n) is 1.36. The van der Waals surface area contributed by atoms with Crippen LogP contribution in [0.3, 0.4) is 0 Å². The van der Waals surface area contributed by atoms with Gasteiger partial charge in [-0.25, -0.2) is 0 Å². The largest absolute Gasteiger partial charge is 0.121 e. The maximum Gasteiger partial charge on any atom is 0.0603 e. The molecule has 0 N–H and O–H groups in total. The van der Waals surface area contributed by atoms with E-state index in [4.69, 9.17) is 23.2 Å². The van der Waals surface area contributed by atoms with Crippen LogP contribution in [0, 0.1) is 0 Å². The van der Waals surface area contributed by atoms with Gasteiger partial charge in [0.25, 0.3) is 0 Å². The summed E-state index contributed by atoms with van der Waals surface area (Å²) >= 11 is 17.0. The average Bonchev–Trinajstić information content (AvgIpc) is 2.31. The Morgan fingerprint density at radius 1 is 1.00 bits per heavy atom. The summed E-state index contributed by atoms with van der Waals surface area (Å²) in [6, 6.07) is 14.0. The predicted octanol–water partition coefficient (Wildman–Crippen LogP) is 6.05. The third-order valence-corrected chi connectivity index (χ3v) is 4.48. The second kappa shape index (κ2) is 6.14. The maximum absolute atomic E-state index is 5.97. The summed E-state index contributed by atoms with van der Waals surface area (Å²) in [5, 5.41) is 1.20. The minimum absolute atomic E-state index is 0.596. The molecule has 2 rings (SSSR count). The van der Waals surface area contributed by atoms with Gasteiger partial charge in [-0.15, -0.1) is 11.8 Å². The summed E-state index contributed by atoms with van der Waals surface area (Å²) < 4.78 is 1.10. The highest BCUT2D eigenvalue weighted by molar-refractivity contribution is 9.10. The Kier molecular flexibility index (Phi) is 4.80. The zero-order valence-electron chi connectivity index (χ0n) is 8.79. The monoisotopic (exact) mass is 346 g/mol. The highest BCUT2D eigenvalue weighted by Crippen LogP contribution is 2.30. The van der Waals surface area contributed by atoms with E-state index in [9.17, 15) is 0 Å². The van der Waals surface area contributed by atoms with Gasteiger partial charge in [0.1, 0.15) is 0 Å². The molecule has 0 radical (unpaired) electrons. The van der Waals surface area contributed by atoms with E-state index in [0.717, 1.165) is 15.1 Å². The normalized spacial score (nSPS) is 10.5. The first kappa shape index (κ1) is 13.3. The topological polar surface area (TPSA) is 0 Å². The highest BCUT2D eigenvalue weighted by Gasteiger charge is 2.01. The minimum Gasteiger partial charge on any atom is -0.121 e.